The monoisotopic (exact) mass is 367 g/mol. The van der Waals surface area contributed by atoms with E-state index in [0.717, 1.165) is 34.4 Å². The fourth-order valence-electron chi connectivity index (χ4n) is 3.59. The summed E-state index contributed by atoms with van der Waals surface area (Å²) in [4.78, 5) is 23.7. The molecule has 0 saturated heterocycles. The highest BCUT2D eigenvalue weighted by atomic mass is 32.1. The van der Waals surface area contributed by atoms with Crippen molar-refractivity contribution in [3.63, 3.8) is 0 Å². The van der Waals surface area contributed by atoms with Gasteiger partial charge in [0.05, 0.1) is 18.4 Å². The number of fused-ring (bicyclic) bond motifs is 3. The predicted octanol–water partition coefficient (Wildman–Crippen LogP) is 3.94. The molecule has 0 saturated carbocycles. The minimum Gasteiger partial charge on any atom is -0.468 e. The largest absolute Gasteiger partial charge is 0.468 e. The van der Waals surface area contributed by atoms with Crippen LogP contribution in [0.2, 0.25) is 0 Å². The van der Waals surface area contributed by atoms with E-state index < -0.39 is 0 Å². The predicted molar refractivity (Wildman–Crippen MR) is 104 cm³/mol. The summed E-state index contributed by atoms with van der Waals surface area (Å²) in [5, 5.41) is 4.52. The number of carbonyl (C=O) groups is 1. The Kier molecular flexibility index (Phi) is 4.84. The van der Waals surface area contributed by atoms with Gasteiger partial charge >= 0.3 is 5.97 Å². The zero-order valence-electron chi connectivity index (χ0n) is 14.7. The van der Waals surface area contributed by atoms with Crippen molar-refractivity contribution in [1.29, 1.82) is 0 Å². The molecule has 2 heterocycles. The van der Waals surface area contributed by atoms with Crippen LogP contribution in [-0.4, -0.2) is 29.6 Å². The van der Waals surface area contributed by atoms with Gasteiger partial charge in [-0.3, -0.25) is 4.79 Å². The van der Waals surface area contributed by atoms with Gasteiger partial charge in [0.25, 0.3) is 0 Å². The number of rotatable bonds is 5. The average molecular weight is 367 g/mol. The van der Waals surface area contributed by atoms with Crippen molar-refractivity contribution in [3.05, 3.63) is 52.7 Å². The SMILES string of the molecule is COC(=O)[C@@H](CNc1ncnc2sc3c(c12)CCCC3)c1ccccc1. The lowest BCUT2D eigenvalue weighted by molar-refractivity contribution is -0.142. The van der Waals surface area contributed by atoms with Crippen LogP contribution in [0.4, 0.5) is 5.82 Å². The summed E-state index contributed by atoms with van der Waals surface area (Å²) >= 11 is 1.77. The molecule has 1 N–H and O–H groups in total. The van der Waals surface area contributed by atoms with Crippen LogP contribution < -0.4 is 5.32 Å². The molecule has 2 aromatic heterocycles. The lowest BCUT2D eigenvalue weighted by Crippen LogP contribution is -2.23. The number of benzene rings is 1. The van der Waals surface area contributed by atoms with E-state index in [1.165, 1.54) is 30.4 Å². The highest BCUT2D eigenvalue weighted by molar-refractivity contribution is 7.19. The highest BCUT2D eigenvalue weighted by Gasteiger charge is 2.23. The van der Waals surface area contributed by atoms with Crippen LogP contribution in [0.3, 0.4) is 0 Å². The molecule has 134 valence electrons. The van der Waals surface area contributed by atoms with E-state index in [9.17, 15) is 4.79 Å². The third-order valence-electron chi connectivity index (χ3n) is 4.91. The number of nitrogens with one attached hydrogen (secondary N) is 1. The molecule has 0 bridgehead atoms. The van der Waals surface area contributed by atoms with Gasteiger partial charge in [-0.15, -0.1) is 11.3 Å². The molecule has 0 spiro atoms. The van der Waals surface area contributed by atoms with Crippen molar-refractivity contribution in [1.82, 2.24) is 9.97 Å². The number of nitrogens with zero attached hydrogens (tertiary/aromatic N) is 2. The average Bonchev–Trinajstić information content (AvgIpc) is 3.08. The smallest absolute Gasteiger partial charge is 0.314 e. The topological polar surface area (TPSA) is 64.1 Å². The molecular formula is C20H21N3O2S. The van der Waals surface area contributed by atoms with Crippen molar-refractivity contribution in [2.45, 2.75) is 31.6 Å². The van der Waals surface area contributed by atoms with Crippen molar-refractivity contribution >= 4 is 33.3 Å². The second kappa shape index (κ2) is 7.41. The van der Waals surface area contributed by atoms with Crippen LogP contribution in [0, 0.1) is 0 Å². The van der Waals surface area contributed by atoms with Crippen LogP contribution in [0.25, 0.3) is 10.2 Å². The van der Waals surface area contributed by atoms with Gasteiger partial charge in [-0.25, -0.2) is 9.97 Å². The summed E-state index contributed by atoms with van der Waals surface area (Å²) in [7, 11) is 1.43. The first-order valence-electron chi connectivity index (χ1n) is 8.90. The molecule has 0 unspecified atom stereocenters. The van der Waals surface area contributed by atoms with Gasteiger partial charge in [-0.2, -0.15) is 0 Å². The maximum Gasteiger partial charge on any atom is 0.314 e. The van der Waals surface area contributed by atoms with Crippen molar-refractivity contribution in [3.8, 4) is 0 Å². The second-order valence-electron chi connectivity index (χ2n) is 6.48. The maximum absolute atomic E-state index is 12.3. The molecule has 0 radical (unpaired) electrons. The van der Waals surface area contributed by atoms with Gasteiger partial charge in [-0.05, 0) is 36.8 Å². The van der Waals surface area contributed by atoms with E-state index in [1.54, 1.807) is 17.7 Å². The van der Waals surface area contributed by atoms with Gasteiger partial charge in [0.2, 0.25) is 0 Å². The minimum atomic E-state index is -0.374. The molecule has 1 aliphatic rings. The Labute approximate surface area is 156 Å². The van der Waals surface area contributed by atoms with Crippen LogP contribution in [0.5, 0.6) is 0 Å². The Morgan fingerprint density at radius 2 is 2.04 bits per heavy atom. The van der Waals surface area contributed by atoms with Crippen LogP contribution in [0.1, 0.15) is 34.8 Å². The number of ether oxygens (including phenoxy) is 1. The minimum absolute atomic E-state index is 0.249. The fourth-order valence-corrected chi connectivity index (χ4v) is 4.82. The summed E-state index contributed by atoms with van der Waals surface area (Å²) in [5.41, 5.74) is 2.32. The lowest BCUT2D eigenvalue weighted by atomic mass is 9.96. The standard InChI is InChI=1S/C20H21N3O2S/c1-25-20(24)15(13-7-3-2-4-8-13)11-21-18-17-14-9-5-6-10-16(14)26-19(17)23-12-22-18/h2-4,7-8,12,15H,5-6,9-11H2,1H3,(H,21,22,23)/t15-/m0/s1. The number of hydrogen-bond donors (Lipinski definition) is 1. The number of esters is 1. The van der Waals surface area contributed by atoms with E-state index in [2.05, 4.69) is 15.3 Å². The molecule has 26 heavy (non-hydrogen) atoms. The molecule has 1 aromatic carbocycles. The van der Waals surface area contributed by atoms with E-state index in [-0.39, 0.29) is 11.9 Å². The zero-order chi connectivity index (χ0) is 17.9. The molecule has 4 rings (SSSR count). The Morgan fingerprint density at radius 3 is 2.85 bits per heavy atom. The Hall–Kier alpha value is -2.47. The number of aryl methyl sites for hydroxylation is 2. The molecule has 1 atom stereocenters. The Balaban J connectivity index is 1.64. The molecular weight excluding hydrogens is 346 g/mol. The number of hydrogen-bond acceptors (Lipinski definition) is 6. The quantitative estimate of drug-likeness (QED) is 0.692. The maximum atomic E-state index is 12.3. The van der Waals surface area contributed by atoms with Gasteiger partial charge in [0.15, 0.2) is 0 Å². The zero-order valence-corrected chi connectivity index (χ0v) is 15.5. The number of anilines is 1. The van der Waals surface area contributed by atoms with Crippen LogP contribution in [-0.2, 0) is 22.4 Å². The first-order chi connectivity index (χ1) is 12.8. The van der Waals surface area contributed by atoms with Gasteiger partial charge < -0.3 is 10.1 Å². The first-order valence-corrected chi connectivity index (χ1v) is 9.71. The number of methoxy groups -OCH3 is 1. The van der Waals surface area contributed by atoms with Crippen LogP contribution in [0.15, 0.2) is 36.7 Å². The van der Waals surface area contributed by atoms with Crippen molar-refractivity contribution in [2.75, 3.05) is 19.0 Å². The number of aromatic nitrogens is 2. The Bertz CT molecular complexity index is 923. The summed E-state index contributed by atoms with van der Waals surface area (Å²) in [6, 6.07) is 9.71. The van der Waals surface area contributed by atoms with E-state index >= 15 is 0 Å². The molecule has 5 nitrogen and oxygen atoms in total. The highest BCUT2D eigenvalue weighted by Crippen LogP contribution is 2.38. The number of thiophene rings is 1. The Morgan fingerprint density at radius 1 is 1.23 bits per heavy atom. The van der Waals surface area contributed by atoms with Crippen LogP contribution >= 0.6 is 11.3 Å². The summed E-state index contributed by atoms with van der Waals surface area (Å²) in [6.07, 6.45) is 6.26. The third kappa shape index (κ3) is 3.17. The lowest BCUT2D eigenvalue weighted by Gasteiger charge is -2.17. The molecule has 6 heteroatoms. The van der Waals surface area contributed by atoms with Gasteiger partial charge in [0.1, 0.15) is 17.0 Å². The molecule has 3 aromatic rings. The van der Waals surface area contributed by atoms with Gasteiger partial charge in [-0.1, -0.05) is 30.3 Å². The first kappa shape index (κ1) is 17.0. The summed E-state index contributed by atoms with van der Waals surface area (Å²) in [5.74, 6) is 0.196. The summed E-state index contributed by atoms with van der Waals surface area (Å²) < 4.78 is 5.01. The van der Waals surface area contributed by atoms with Gasteiger partial charge in [0, 0.05) is 11.4 Å². The van der Waals surface area contributed by atoms with Crippen molar-refractivity contribution in [2.24, 2.45) is 0 Å². The van der Waals surface area contributed by atoms with E-state index in [4.69, 9.17) is 4.74 Å². The number of carbonyl (C=O) groups excluding carboxylic acids is 1. The van der Waals surface area contributed by atoms with E-state index in [1.807, 2.05) is 30.3 Å². The summed E-state index contributed by atoms with van der Waals surface area (Å²) in [6.45, 7) is 0.438. The second-order valence-corrected chi connectivity index (χ2v) is 7.56. The van der Waals surface area contributed by atoms with Crippen molar-refractivity contribution < 1.29 is 9.53 Å². The third-order valence-corrected chi connectivity index (χ3v) is 6.11. The molecule has 0 aliphatic heterocycles. The molecule has 0 amide bonds. The molecule has 1 aliphatic carbocycles. The van der Waals surface area contributed by atoms with E-state index in [0.29, 0.717) is 6.54 Å². The fraction of sp³-hybridized carbons (Fsp3) is 0.350. The molecule has 0 fully saturated rings. The normalized spacial score (nSPS) is 14.7.